The smallest absolute Gasteiger partial charge is 0.309 e. The van der Waals surface area contributed by atoms with Gasteiger partial charge in [-0.3, -0.25) is 9.59 Å². The Morgan fingerprint density at radius 3 is 2.65 bits per heavy atom. The zero-order valence-corrected chi connectivity index (χ0v) is 11.0. The van der Waals surface area contributed by atoms with Crippen LogP contribution in [0.3, 0.4) is 0 Å². The minimum absolute atomic E-state index is 0.0186. The van der Waals surface area contributed by atoms with Crippen LogP contribution < -0.4 is 5.32 Å². The molecule has 17 heavy (non-hydrogen) atoms. The molecule has 0 aliphatic carbocycles. The monoisotopic (exact) mass is 242 g/mol. The van der Waals surface area contributed by atoms with E-state index in [1.165, 1.54) is 0 Å². The van der Waals surface area contributed by atoms with Crippen molar-refractivity contribution in [3.63, 3.8) is 0 Å². The highest BCUT2D eigenvalue weighted by Crippen LogP contribution is 2.17. The fraction of sp³-hybridized carbons (Fsp3) is 0.833. The molecule has 98 valence electrons. The van der Waals surface area contributed by atoms with E-state index >= 15 is 0 Å². The van der Waals surface area contributed by atoms with Crippen LogP contribution in [-0.2, 0) is 9.59 Å². The van der Waals surface area contributed by atoms with Gasteiger partial charge >= 0.3 is 5.97 Å². The first-order valence-corrected chi connectivity index (χ1v) is 6.01. The quantitative estimate of drug-likeness (QED) is 0.758. The molecular formula is C12H22N2O3. The summed E-state index contributed by atoms with van der Waals surface area (Å²) in [5.74, 6) is -1.06. The molecule has 1 aliphatic rings. The highest BCUT2D eigenvalue weighted by atomic mass is 16.4. The maximum absolute atomic E-state index is 12.2. The summed E-state index contributed by atoms with van der Waals surface area (Å²) in [6.45, 7) is 8.88. The Balaban J connectivity index is 2.89. The molecule has 1 heterocycles. The third-order valence-electron chi connectivity index (χ3n) is 2.99. The number of nitrogens with one attached hydrogen (secondary N) is 1. The third-order valence-corrected chi connectivity index (χ3v) is 2.99. The van der Waals surface area contributed by atoms with E-state index in [-0.39, 0.29) is 5.91 Å². The second-order valence-electron chi connectivity index (χ2n) is 5.65. The molecule has 0 radical (unpaired) electrons. The van der Waals surface area contributed by atoms with E-state index in [0.29, 0.717) is 25.6 Å². The van der Waals surface area contributed by atoms with Crippen LogP contribution in [0.25, 0.3) is 0 Å². The second-order valence-corrected chi connectivity index (χ2v) is 5.65. The molecule has 5 nitrogen and oxygen atoms in total. The molecular weight excluding hydrogens is 220 g/mol. The second kappa shape index (κ2) is 5.04. The molecule has 0 spiro atoms. The van der Waals surface area contributed by atoms with Crippen molar-refractivity contribution in [3.05, 3.63) is 0 Å². The van der Waals surface area contributed by atoms with E-state index in [4.69, 9.17) is 5.11 Å². The molecule has 0 aromatic carbocycles. The van der Waals surface area contributed by atoms with Crippen LogP contribution in [-0.4, -0.2) is 47.1 Å². The van der Waals surface area contributed by atoms with Crippen LogP contribution in [0.4, 0.5) is 0 Å². The lowest BCUT2D eigenvalue weighted by atomic mass is 10.0. The Bertz CT molecular complexity index is 313. The molecule has 1 atom stereocenters. The van der Waals surface area contributed by atoms with Crippen molar-refractivity contribution in [1.29, 1.82) is 0 Å². The molecule has 0 aromatic rings. The summed E-state index contributed by atoms with van der Waals surface area (Å²) in [4.78, 5) is 25.0. The Hall–Kier alpha value is -1.10. The zero-order chi connectivity index (χ0) is 13.2. The van der Waals surface area contributed by atoms with Crippen LogP contribution >= 0.6 is 0 Å². The van der Waals surface area contributed by atoms with Crippen molar-refractivity contribution >= 4 is 11.9 Å². The normalized spacial score (nSPS) is 24.9. The van der Waals surface area contributed by atoms with Gasteiger partial charge in [0.05, 0.1) is 11.5 Å². The lowest BCUT2D eigenvalue weighted by Crippen LogP contribution is -2.52. The van der Waals surface area contributed by atoms with Gasteiger partial charge in [-0.2, -0.15) is 0 Å². The lowest BCUT2D eigenvalue weighted by molar-refractivity contribution is -0.143. The third kappa shape index (κ3) is 3.43. The van der Waals surface area contributed by atoms with Crippen molar-refractivity contribution < 1.29 is 14.7 Å². The van der Waals surface area contributed by atoms with Crippen LogP contribution in [0.5, 0.6) is 0 Å². The maximum atomic E-state index is 12.2. The number of carbonyl (C=O) groups excluding carboxylic acids is 1. The predicted octanol–water partition coefficient (Wildman–Crippen LogP) is 0.554. The van der Waals surface area contributed by atoms with E-state index in [9.17, 15) is 9.59 Å². The first kappa shape index (κ1) is 14.0. The average molecular weight is 242 g/mol. The highest BCUT2D eigenvalue weighted by molar-refractivity contribution is 5.86. The van der Waals surface area contributed by atoms with E-state index in [1.54, 1.807) is 18.7 Å². The van der Waals surface area contributed by atoms with Gasteiger partial charge in [0.1, 0.15) is 0 Å². The first-order chi connectivity index (χ1) is 7.74. The van der Waals surface area contributed by atoms with E-state index < -0.39 is 17.4 Å². The lowest BCUT2D eigenvalue weighted by Gasteiger charge is -2.30. The number of nitrogens with zero attached hydrogens (tertiary/aromatic N) is 1. The standard InChI is InChI=1S/C12H22N2O3/c1-8(2)6-14-7-9(10(15)16)5-13-12(3,4)11(14)17/h8-9,13H,5-7H2,1-4H3,(H,15,16). The molecule has 2 N–H and O–H groups in total. The molecule has 1 unspecified atom stereocenters. The molecule has 0 aromatic heterocycles. The summed E-state index contributed by atoms with van der Waals surface area (Å²) in [7, 11) is 0. The topological polar surface area (TPSA) is 69.6 Å². The van der Waals surface area contributed by atoms with Gasteiger partial charge in [0.2, 0.25) is 5.91 Å². The van der Waals surface area contributed by atoms with Crippen molar-refractivity contribution in [2.45, 2.75) is 33.2 Å². The van der Waals surface area contributed by atoms with Crippen molar-refractivity contribution in [3.8, 4) is 0 Å². The van der Waals surface area contributed by atoms with Crippen LogP contribution in [0.15, 0.2) is 0 Å². The zero-order valence-electron chi connectivity index (χ0n) is 11.0. The van der Waals surface area contributed by atoms with Gasteiger partial charge in [0.15, 0.2) is 0 Å². The predicted molar refractivity (Wildman–Crippen MR) is 64.6 cm³/mol. The highest BCUT2D eigenvalue weighted by Gasteiger charge is 2.38. The Kier molecular flexibility index (Phi) is 4.14. The molecule has 1 saturated heterocycles. The molecule has 5 heteroatoms. The van der Waals surface area contributed by atoms with Crippen LogP contribution in [0.2, 0.25) is 0 Å². The number of hydrogen-bond donors (Lipinski definition) is 2. The Morgan fingerprint density at radius 2 is 2.18 bits per heavy atom. The molecule has 1 rings (SSSR count). The summed E-state index contributed by atoms with van der Waals surface area (Å²) in [6, 6.07) is 0. The van der Waals surface area contributed by atoms with Crippen molar-refractivity contribution in [2.24, 2.45) is 11.8 Å². The molecule has 0 saturated carbocycles. The number of aliphatic carboxylic acids is 1. The summed E-state index contributed by atoms with van der Waals surface area (Å²) in [5.41, 5.74) is -0.681. The summed E-state index contributed by atoms with van der Waals surface area (Å²) >= 11 is 0. The summed E-state index contributed by atoms with van der Waals surface area (Å²) < 4.78 is 0. The molecule has 0 bridgehead atoms. The van der Waals surface area contributed by atoms with Crippen molar-refractivity contribution in [1.82, 2.24) is 10.2 Å². The minimum Gasteiger partial charge on any atom is -0.481 e. The first-order valence-electron chi connectivity index (χ1n) is 6.01. The van der Waals surface area contributed by atoms with E-state index in [1.807, 2.05) is 13.8 Å². The molecule has 1 fully saturated rings. The van der Waals surface area contributed by atoms with Crippen LogP contribution in [0.1, 0.15) is 27.7 Å². The van der Waals surface area contributed by atoms with Crippen LogP contribution in [0, 0.1) is 11.8 Å². The number of amides is 1. The number of rotatable bonds is 3. The van der Waals surface area contributed by atoms with Gasteiger partial charge in [-0.25, -0.2) is 0 Å². The van der Waals surface area contributed by atoms with Gasteiger partial charge in [0, 0.05) is 19.6 Å². The van der Waals surface area contributed by atoms with Gasteiger partial charge in [-0.15, -0.1) is 0 Å². The van der Waals surface area contributed by atoms with Gasteiger partial charge < -0.3 is 15.3 Å². The molecule has 1 amide bonds. The molecule has 1 aliphatic heterocycles. The summed E-state index contributed by atoms with van der Waals surface area (Å²) in [6.07, 6.45) is 0. The minimum atomic E-state index is -0.850. The van der Waals surface area contributed by atoms with E-state index in [2.05, 4.69) is 5.32 Å². The maximum Gasteiger partial charge on any atom is 0.309 e. The van der Waals surface area contributed by atoms with Crippen molar-refractivity contribution in [2.75, 3.05) is 19.6 Å². The van der Waals surface area contributed by atoms with Gasteiger partial charge in [0.25, 0.3) is 0 Å². The number of carbonyl (C=O) groups is 2. The summed E-state index contributed by atoms with van der Waals surface area (Å²) in [5, 5.41) is 12.1. The fourth-order valence-electron chi connectivity index (χ4n) is 2.03. The van der Waals surface area contributed by atoms with Gasteiger partial charge in [-0.1, -0.05) is 13.8 Å². The Morgan fingerprint density at radius 1 is 1.59 bits per heavy atom. The number of carboxylic acid groups (broad SMARTS) is 1. The van der Waals surface area contributed by atoms with E-state index in [0.717, 1.165) is 0 Å². The number of hydrogen-bond acceptors (Lipinski definition) is 3. The largest absolute Gasteiger partial charge is 0.481 e. The Labute approximate surface area is 102 Å². The SMILES string of the molecule is CC(C)CN1CC(C(=O)O)CNC(C)(C)C1=O. The van der Waals surface area contributed by atoms with Gasteiger partial charge in [-0.05, 0) is 19.8 Å². The average Bonchev–Trinajstić information content (AvgIpc) is 2.29. The fourth-order valence-corrected chi connectivity index (χ4v) is 2.03. The number of carboxylic acids is 1.